The summed E-state index contributed by atoms with van der Waals surface area (Å²) in [5.41, 5.74) is 6.72. The quantitative estimate of drug-likeness (QED) is 0.872. The predicted molar refractivity (Wildman–Crippen MR) is 77.8 cm³/mol. The molecule has 6 heteroatoms. The van der Waals surface area contributed by atoms with Gasteiger partial charge in [0.15, 0.2) is 9.84 Å². The number of rotatable bonds is 2. The number of hydrogen-bond donors (Lipinski definition) is 1. The molecule has 0 radical (unpaired) electrons. The van der Waals surface area contributed by atoms with E-state index in [-0.39, 0.29) is 24.7 Å². The molecular formula is C14H20N2O3S. The fourth-order valence-electron chi connectivity index (χ4n) is 2.33. The molecule has 1 aromatic carbocycles. The minimum Gasteiger partial charge on any atom is -0.338 e. The number of nitrogens with zero attached hydrogens (tertiary/aromatic N) is 1. The molecule has 1 aliphatic rings. The van der Waals surface area contributed by atoms with E-state index >= 15 is 0 Å². The van der Waals surface area contributed by atoms with Gasteiger partial charge in [0.25, 0.3) is 0 Å². The Kier molecular flexibility index (Phi) is 3.88. The Labute approximate surface area is 119 Å². The van der Waals surface area contributed by atoms with Crippen LogP contribution in [-0.2, 0) is 14.6 Å². The number of carbonyl (C=O) groups excluding carboxylic acids is 1. The van der Waals surface area contributed by atoms with Crippen molar-refractivity contribution >= 4 is 15.7 Å². The van der Waals surface area contributed by atoms with Crippen molar-refractivity contribution in [2.75, 3.05) is 18.8 Å². The number of nitrogens with two attached hydrogens (primary N) is 1. The van der Waals surface area contributed by atoms with Gasteiger partial charge in [-0.3, -0.25) is 4.79 Å². The first kappa shape index (κ1) is 15.0. The highest BCUT2D eigenvalue weighted by molar-refractivity contribution is 7.92. The summed E-state index contributed by atoms with van der Waals surface area (Å²) in [6, 6.07) is 8.37. The molecule has 0 unspecified atom stereocenters. The van der Waals surface area contributed by atoms with Gasteiger partial charge in [-0.1, -0.05) is 30.3 Å². The minimum absolute atomic E-state index is 0.00670. The first-order valence-electron chi connectivity index (χ1n) is 6.56. The fraction of sp³-hybridized carbons (Fsp3) is 0.500. The number of carbonyl (C=O) groups is 1. The lowest BCUT2D eigenvalue weighted by Crippen LogP contribution is -2.56. The molecule has 0 bridgehead atoms. The van der Waals surface area contributed by atoms with Gasteiger partial charge in [0, 0.05) is 13.1 Å². The Hall–Kier alpha value is -1.40. The summed E-state index contributed by atoms with van der Waals surface area (Å²) >= 11 is 0. The fourth-order valence-corrected chi connectivity index (χ4v) is 3.70. The smallest absolute Gasteiger partial charge is 0.244 e. The van der Waals surface area contributed by atoms with Crippen molar-refractivity contribution in [3.05, 3.63) is 35.9 Å². The lowest BCUT2D eigenvalue weighted by molar-refractivity contribution is -0.133. The Bertz CT molecular complexity index is 596. The van der Waals surface area contributed by atoms with E-state index in [9.17, 15) is 13.2 Å². The van der Waals surface area contributed by atoms with Gasteiger partial charge in [-0.2, -0.15) is 0 Å². The zero-order valence-electron chi connectivity index (χ0n) is 11.7. The van der Waals surface area contributed by atoms with Gasteiger partial charge in [0.1, 0.15) is 6.04 Å². The van der Waals surface area contributed by atoms with Gasteiger partial charge in [0.2, 0.25) is 5.91 Å². The van der Waals surface area contributed by atoms with E-state index in [1.165, 1.54) is 0 Å². The molecule has 1 amide bonds. The molecule has 1 heterocycles. The highest BCUT2D eigenvalue weighted by Gasteiger charge is 2.42. The van der Waals surface area contributed by atoms with Crippen LogP contribution < -0.4 is 5.73 Å². The van der Waals surface area contributed by atoms with Gasteiger partial charge >= 0.3 is 0 Å². The van der Waals surface area contributed by atoms with Crippen LogP contribution >= 0.6 is 0 Å². The second-order valence-electron chi connectivity index (χ2n) is 5.73. The van der Waals surface area contributed by atoms with E-state index in [1.54, 1.807) is 30.9 Å². The highest BCUT2D eigenvalue weighted by atomic mass is 32.2. The molecule has 1 saturated heterocycles. The summed E-state index contributed by atoms with van der Waals surface area (Å²) in [5, 5.41) is 0. The third-order valence-electron chi connectivity index (χ3n) is 3.78. The summed E-state index contributed by atoms with van der Waals surface area (Å²) < 4.78 is 23.0. The molecule has 0 aromatic heterocycles. The molecule has 1 aromatic rings. The molecule has 1 atom stereocenters. The Morgan fingerprint density at radius 1 is 1.30 bits per heavy atom. The lowest BCUT2D eigenvalue weighted by Gasteiger charge is -2.38. The second kappa shape index (κ2) is 5.18. The van der Waals surface area contributed by atoms with Crippen LogP contribution in [0.4, 0.5) is 0 Å². The summed E-state index contributed by atoms with van der Waals surface area (Å²) in [6.45, 7) is 3.70. The standard InChI is InChI=1S/C14H20N2O3S/c1-14(2)10-16(8-9-20(14,18)19)13(17)12(15)11-6-4-3-5-7-11/h3-7,12H,8-10,15H2,1-2H3/t12-/m0/s1. The van der Waals surface area contributed by atoms with E-state index in [0.717, 1.165) is 5.56 Å². The van der Waals surface area contributed by atoms with E-state index < -0.39 is 20.6 Å². The predicted octanol–water partition coefficient (Wildman–Crippen LogP) is 0.722. The largest absolute Gasteiger partial charge is 0.338 e. The minimum atomic E-state index is -3.15. The average molecular weight is 296 g/mol. The molecule has 1 fully saturated rings. The first-order chi connectivity index (χ1) is 9.24. The molecule has 20 heavy (non-hydrogen) atoms. The normalized spacial score (nSPS) is 22.2. The van der Waals surface area contributed by atoms with Crippen molar-refractivity contribution in [1.29, 1.82) is 0 Å². The number of sulfone groups is 1. The SMILES string of the molecule is CC1(C)CN(C(=O)[C@@H](N)c2ccccc2)CCS1(=O)=O. The maximum Gasteiger partial charge on any atom is 0.244 e. The van der Waals surface area contributed by atoms with Gasteiger partial charge in [-0.15, -0.1) is 0 Å². The van der Waals surface area contributed by atoms with Crippen molar-refractivity contribution < 1.29 is 13.2 Å². The van der Waals surface area contributed by atoms with Crippen LogP contribution in [0, 0.1) is 0 Å². The Morgan fingerprint density at radius 2 is 1.90 bits per heavy atom. The maximum absolute atomic E-state index is 12.4. The Balaban J connectivity index is 2.16. The molecule has 0 aliphatic carbocycles. The third-order valence-corrected chi connectivity index (χ3v) is 6.31. The molecule has 2 N–H and O–H groups in total. The van der Waals surface area contributed by atoms with Crippen molar-refractivity contribution in [2.45, 2.75) is 24.6 Å². The van der Waals surface area contributed by atoms with E-state index in [2.05, 4.69) is 0 Å². The van der Waals surface area contributed by atoms with Crippen molar-refractivity contribution in [3.8, 4) is 0 Å². The monoisotopic (exact) mass is 296 g/mol. The summed E-state index contributed by atoms with van der Waals surface area (Å²) in [6.07, 6.45) is 0. The second-order valence-corrected chi connectivity index (χ2v) is 8.47. The van der Waals surface area contributed by atoms with Crippen molar-refractivity contribution in [3.63, 3.8) is 0 Å². The van der Waals surface area contributed by atoms with Crippen LogP contribution in [0.25, 0.3) is 0 Å². The van der Waals surface area contributed by atoms with Crippen molar-refractivity contribution in [2.24, 2.45) is 5.73 Å². The van der Waals surface area contributed by atoms with Crippen LogP contribution in [0.3, 0.4) is 0 Å². The highest BCUT2D eigenvalue weighted by Crippen LogP contribution is 2.25. The summed E-state index contributed by atoms with van der Waals surface area (Å²) in [5.74, 6) is -0.230. The van der Waals surface area contributed by atoms with E-state index in [4.69, 9.17) is 5.73 Å². The van der Waals surface area contributed by atoms with E-state index in [0.29, 0.717) is 0 Å². The molecular weight excluding hydrogens is 276 g/mol. The lowest BCUT2D eigenvalue weighted by atomic mass is 10.1. The number of hydrogen-bond acceptors (Lipinski definition) is 4. The zero-order valence-corrected chi connectivity index (χ0v) is 12.6. The first-order valence-corrected chi connectivity index (χ1v) is 8.21. The van der Waals surface area contributed by atoms with Crippen LogP contribution in [0.5, 0.6) is 0 Å². The van der Waals surface area contributed by atoms with E-state index in [1.807, 2.05) is 18.2 Å². The molecule has 1 aliphatic heterocycles. The van der Waals surface area contributed by atoms with Crippen LogP contribution in [0.1, 0.15) is 25.5 Å². The van der Waals surface area contributed by atoms with Gasteiger partial charge < -0.3 is 10.6 Å². The molecule has 0 spiro atoms. The topological polar surface area (TPSA) is 80.5 Å². The Morgan fingerprint density at radius 3 is 2.45 bits per heavy atom. The number of amides is 1. The third kappa shape index (κ3) is 2.71. The van der Waals surface area contributed by atoms with Gasteiger partial charge in [0.05, 0.1) is 10.5 Å². The molecule has 2 rings (SSSR count). The van der Waals surface area contributed by atoms with Crippen LogP contribution in [0.2, 0.25) is 0 Å². The average Bonchev–Trinajstić information content (AvgIpc) is 2.41. The summed E-state index contributed by atoms with van der Waals surface area (Å²) in [7, 11) is -3.15. The molecule has 0 saturated carbocycles. The summed E-state index contributed by atoms with van der Waals surface area (Å²) in [4.78, 5) is 14.0. The van der Waals surface area contributed by atoms with Gasteiger partial charge in [-0.05, 0) is 19.4 Å². The van der Waals surface area contributed by atoms with Crippen LogP contribution in [0.15, 0.2) is 30.3 Å². The van der Waals surface area contributed by atoms with Crippen molar-refractivity contribution in [1.82, 2.24) is 4.90 Å². The molecule has 5 nitrogen and oxygen atoms in total. The van der Waals surface area contributed by atoms with Gasteiger partial charge in [-0.25, -0.2) is 8.42 Å². The zero-order chi connectivity index (χ0) is 15.0. The van der Waals surface area contributed by atoms with Crippen LogP contribution in [-0.4, -0.2) is 42.8 Å². The number of benzene rings is 1. The maximum atomic E-state index is 12.4. The molecule has 110 valence electrons.